The van der Waals surface area contributed by atoms with E-state index in [1.807, 2.05) is 19.1 Å². The van der Waals surface area contributed by atoms with Crippen molar-refractivity contribution in [3.8, 4) is 0 Å². The quantitative estimate of drug-likeness (QED) is 0.667. The average Bonchev–Trinajstić information content (AvgIpc) is 2.57. The largest absolute Gasteiger partial charge is 0.288 e. The summed E-state index contributed by atoms with van der Waals surface area (Å²) < 4.78 is 1.32. The maximum absolute atomic E-state index is 12.2. The Kier molecular flexibility index (Phi) is 3.93. The standard InChI is InChI=1S/C12H7BrCl2OS/c1-6-2-7(4-8(14)3-6)11(16)10-5-9(13)12(15)17-10/h2-5H,1H3. The third-order valence-electron chi connectivity index (χ3n) is 2.17. The lowest BCUT2D eigenvalue weighted by Crippen LogP contribution is -1.98. The summed E-state index contributed by atoms with van der Waals surface area (Å²) in [5.41, 5.74) is 1.54. The van der Waals surface area contributed by atoms with Gasteiger partial charge in [-0.15, -0.1) is 11.3 Å². The van der Waals surface area contributed by atoms with Gasteiger partial charge in [0.2, 0.25) is 5.78 Å². The number of aryl methyl sites for hydroxylation is 1. The highest BCUT2D eigenvalue weighted by Crippen LogP contribution is 2.33. The predicted octanol–water partition coefficient (Wildman–Crippen LogP) is 5.36. The van der Waals surface area contributed by atoms with E-state index in [-0.39, 0.29) is 5.78 Å². The van der Waals surface area contributed by atoms with Crippen LogP contribution in [0.4, 0.5) is 0 Å². The van der Waals surface area contributed by atoms with Crippen molar-refractivity contribution in [2.24, 2.45) is 0 Å². The molecule has 1 nitrogen and oxygen atoms in total. The van der Waals surface area contributed by atoms with Crippen molar-refractivity contribution >= 4 is 56.3 Å². The zero-order valence-corrected chi connectivity index (χ0v) is 12.7. The van der Waals surface area contributed by atoms with E-state index in [9.17, 15) is 4.79 Å². The lowest BCUT2D eigenvalue weighted by molar-refractivity contribution is 0.104. The molecule has 88 valence electrons. The first-order chi connectivity index (χ1) is 7.97. The number of carbonyl (C=O) groups excluding carboxylic acids is 1. The molecule has 0 amide bonds. The molecule has 5 heteroatoms. The van der Waals surface area contributed by atoms with Crippen molar-refractivity contribution < 1.29 is 4.79 Å². The zero-order chi connectivity index (χ0) is 12.6. The molecule has 0 aliphatic rings. The third kappa shape index (κ3) is 2.91. The third-order valence-corrected chi connectivity index (χ3v) is 4.86. The SMILES string of the molecule is Cc1cc(Cl)cc(C(=O)c2cc(Br)c(Cl)s2)c1. The van der Waals surface area contributed by atoms with E-state index in [4.69, 9.17) is 23.2 Å². The van der Waals surface area contributed by atoms with Crippen LogP contribution in [0.25, 0.3) is 0 Å². The molecule has 2 rings (SSSR count). The number of halogens is 3. The normalized spacial score (nSPS) is 10.6. The smallest absolute Gasteiger partial charge is 0.203 e. The monoisotopic (exact) mass is 348 g/mol. The molecule has 0 saturated heterocycles. The van der Waals surface area contributed by atoms with E-state index in [1.165, 1.54) is 11.3 Å². The highest BCUT2D eigenvalue weighted by Gasteiger charge is 2.15. The molecule has 0 spiro atoms. The van der Waals surface area contributed by atoms with Crippen molar-refractivity contribution in [2.75, 3.05) is 0 Å². The number of benzene rings is 1. The van der Waals surface area contributed by atoms with Crippen LogP contribution < -0.4 is 0 Å². The highest BCUT2D eigenvalue weighted by molar-refractivity contribution is 9.10. The minimum atomic E-state index is -0.0619. The molecule has 1 heterocycles. The van der Waals surface area contributed by atoms with Gasteiger partial charge in [0.1, 0.15) is 4.34 Å². The molecule has 0 aliphatic carbocycles. The average molecular weight is 350 g/mol. The molecule has 17 heavy (non-hydrogen) atoms. The van der Waals surface area contributed by atoms with Gasteiger partial charge in [-0.2, -0.15) is 0 Å². The Bertz CT molecular complexity index is 552. The molecule has 0 saturated carbocycles. The van der Waals surface area contributed by atoms with Gasteiger partial charge in [0.25, 0.3) is 0 Å². The molecule has 0 aliphatic heterocycles. The summed E-state index contributed by atoms with van der Waals surface area (Å²) in [6.07, 6.45) is 0. The summed E-state index contributed by atoms with van der Waals surface area (Å²) in [5.74, 6) is -0.0619. The Morgan fingerprint density at radius 3 is 2.47 bits per heavy atom. The Labute approximate surface area is 121 Å². The molecule has 0 N–H and O–H groups in total. The number of hydrogen-bond acceptors (Lipinski definition) is 2. The first kappa shape index (κ1) is 13.1. The van der Waals surface area contributed by atoms with Gasteiger partial charge in [0.05, 0.1) is 4.88 Å². The van der Waals surface area contributed by atoms with Crippen molar-refractivity contribution in [3.63, 3.8) is 0 Å². The van der Waals surface area contributed by atoms with Crippen molar-refractivity contribution in [3.05, 3.63) is 54.1 Å². The van der Waals surface area contributed by atoms with Crippen molar-refractivity contribution in [1.82, 2.24) is 0 Å². The van der Waals surface area contributed by atoms with E-state index in [1.54, 1.807) is 12.1 Å². The molecular formula is C12H7BrCl2OS. The fourth-order valence-corrected chi connectivity index (χ4v) is 3.42. The molecule has 1 aromatic carbocycles. The summed E-state index contributed by atoms with van der Waals surface area (Å²) in [6.45, 7) is 1.90. The van der Waals surface area contributed by atoms with Crippen LogP contribution >= 0.6 is 50.5 Å². The van der Waals surface area contributed by atoms with E-state index >= 15 is 0 Å². The second kappa shape index (κ2) is 5.11. The van der Waals surface area contributed by atoms with Crippen molar-refractivity contribution in [1.29, 1.82) is 0 Å². The van der Waals surface area contributed by atoms with Crippen molar-refractivity contribution in [2.45, 2.75) is 6.92 Å². The Morgan fingerprint density at radius 1 is 1.24 bits per heavy atom. The lowest BCUT2D eigenvalue weighted by Gasteiger charge is -2.01. The summed E-state index contributed by atoms with van der Waals surface area (Å²) in [6, 6.07) is 7.02. The van der Waals surface area contributed by atoms with Gasteiger partial charge in [0.15, 0.2) is 0 Å². The molecule has 0 radical (unpaired) electrons. The van der Waals surface area contributed by atoms with Crippen LogP contribution in [0.1, 0.15) is 20.8 Å². The lowest BCUT2D eigenvalue weighted by atomic mass is 10.1. The van der Waals surface area contributed by atoms with Crippen LogP contribution in [0.3, 0.4) is 0 Å². The number of rotatable bonds is 2. The minimum absolute atomic E-state index is 0.0619. The molecule has 0 unspecified atom stereocenters. The predicted molar refractivity (Wildman–Crippen MR) is 76.7 cm³/mol. The van der Waals surface area contributed by atoms with Gasteiger partial charge in [-0.1, -0.05) is 23.2 Å². The van der Waals surface area contributed by atoms with Gasteiger partial charge in [0, 0.05) is 15.1 Å². The first-order valence-electron chi connectivity index (χ1n) is 4.74. The van der Waals surface area contributed by atoms with Gasteiger partial charge in [-0.3, -0.25) is 4.79 Å². The minimum Gasteiger partial charge on any atom is -0.288 e. The first-order valence-corrected chi connectivity index (χ1v) is 7.10. The van der Waals surface area contributed by atoms with E-state index < -0.39 is 0 Å². The Morgan fingerprint density at radius 2 is 1.94 bits per heavy atom. The maximum atomic E-state index is 12.2. The number of thiophene rings is 1. The topological polar surface area (TPSA) is 17.1 Å². The van der Waals surface area contributed by atoms with Crippen LogP contribution in [0, 0.1) is 6.92 Å². The fourth-order valence-electron chi connectivity index (χ4n) is 1.47. The summed E-state index contributed by atoms with van der Waals surface area (Å²) in [5, 5.41) is 0.565. The Balaban J connectivity index is 2.43. The summed E-state index contributed by atoms with van der Waals surface area (Å²) in [4.78, 5) is 12.8. The van der Waals surface area contributed by atoms with E-state index in [0.717, 1.165) is 10.0 Å². The number of carbonyl (C=O) groups is 1. The summed E-state index contributed by atoms with van der Waals surface area (Å²) in [7, 11) is 0. The van der Waals surface area contributed by atoms with Crippen LogP contribution in [-0.4, -0.2) is 5.78 Å². The fraction of sp³-hybridized carbons (Fsp3) is 0.0833. The van der Waals surface area contributed by atoms with Gasteiger partial charge in [-0.05, 0) is 52.7 Å². The van der Waals surface area contributed by atoms with E-state index in [2.05, 4.69) is 15.9 Å². The van der Waals surface area contributed by atoms with Crippen LogP contribution in [0.2, 0.25) is 9.36 Å². The molecular weight excluding hydrogens is 343 g/mol. The second-order valence-electron chi connectivity index (χ2n) is 3.58. The van der Waals surface area contributed by atoms with Crippen LogP contribution in [0.15, 0.2) is 28.7 Å². The van der Waals surface area contributed by atoms with Crippen LogP contribution in [0.5, 0.6) is 0 Å². The highest BCUT2D eigenvalue weighted by atomic mass is 79.9. The second-order valence-corrected chi connectivity index (χ2v) is 6.52. The van der Waals surface area contributed by atoms with E-state index in [0.29, 0.717) is 19.8 Å². The van der Waals surface area contributed by atoms with Gasteiger partial charge in [-0.25, -0.2) is 0 Å². The maximum Gasteiger partial charge on any atom is 0.203 e. The molecule has 1 aromatic heterocycles. The number of hydrogen-bond donors (Lipinski definition) is 0. The molecule has 0 bridgehead atoms. The summed E-state index contributed by atoms with van der Waals surface area (Å²) >= 11 is 16.4. The molecule has 0 fully saturated rings. The Hall–Kier alpha value is -0.350. The van der Waals surface area contributed by atoms with Crippen LogP contribution in [-0.2, 0) is 0 Å². The number of ketones is 1. The van der Waals surface area contributed by atoms with Gasteiger partial charge >= 0.3 is 0 Å². The molecule has 2 aromatic rings. The van der Waals surface area contributed by atoms with Gasteiger partial charge < -0.3 is 0 Å². The zero-order valence-electron chi connectivity index (χ0n) is 8.76. The molecule has 0 atom stereocenters.